The first-order valence-electron chi connectivity index (χ1n) is 14.7. The quantitative estimate of drug-likeness (QED) is 0.143. The largest absolute Gasteiger partial charge is 0.458 e. The second-order valence-corrected chi connectivity index (χ2v) is 13.1. The number of carbonyl (C=O) groups is 7. The van der Waals surface area contributed by atoms with Crippen LogP contribution in [-0.2, 0) is 40.1 Å². The SMILES string of the molecule is CCN1CCN(C(=O)NC(C(=O)N[C@@]2(C(=O)OCc3ccccc3)N3C(=O)[C@@H](NC=O)[C@H]3SC2(C)C)c2ccccc2)C(=O)C1=O. The predicted octanol–water partition coefficient (Wildman–Crippen LogP) is 0.492. The van der Waals surface area contributed by atoms with E-state index in [1.807, 2.05) is 0 Å². The Kier molecular flexibility index (Phi) is 9.06. The minimum Gasteiger partial charge on any atom is -0.458 e. The predicted molar refractivity (Wildman–Crippen MR) is 164 cm³/mol. The van der Waals surface area contributed by atoms with Crippen LogP contribution in [0.3, 0.4) is 0 Å². The van der Waals surface area contributed by atoms with Gasteiger partial charge in [0.2, 0.25) is 18.0 Å². The Balaban J connectivity index is 1.48. The number of urea groups is 1. The first-order chi connectivity index (χ1) is 22.0. The van der Waals surface area contributed by atoms with Crippen molar-refractivity contribution in [2.75, 3.05) is 19.6 Å². The zero-order valence-electron chi connectivity index (χ0n) is 25.4. The van der Waals surface area contributed by atoms with Gasteiger partial charge in [0.15, 0.2) is 0 Å². The zero-order valence-corrected chi connectivity index (χ0v) is 26.2. The molecule has 2 aromatic rings. The van der Waals surface area contributed by atoms with Gasteiger partial charge in [-0.05, 0) is 31.9 Å². The van der Waals surface area contributed by atoms with Gasteiger partial charge >= 0.3 is 23.8 Å². The number of nitrogens with zero attached hydrogens (tertiary/aromatic N) is 3. The molecule has 3 aliphatic heterocycles. The maximum absolute atomic E-state index is 14.3. The van der Waals surface area contributed by atoms with Crippen molar-refractivity contribution < 1.29 is 38.3 Å². The molecule has 2 aromatic carbocycles. The summed E-state index contributed by atoms with van der Waals surface area (Å²) in [7, 11) is 0. The van der Waals surface area contributed by atoms with Gasteiger partial charge < -0.3 is 25.6 Å². The van der Waals surface area contributed by atoms with E-state index in [-0.39, 0.29) is 19.7 Å². The fraction of sp³-hybridized carbons (Fsp3) is 0.387. The number of likely N-dealkylation sites (N-methyl/N-ethyl adjacent to an activating group) is 1. The minimum atomic E-state index is -2.07. The molecule has 0 bridgehead atoms. The summed E-state index contributed by atoms with van der Waals surface area (Å²) in [6.07, 6.45) is 0.396. The number of esters is 1. The average Bonchev–Trinajstić information content (AvgIpc) is 3.26. The van der Waals surface area contributed by atoms with Crippen molar-refractivity contribution in [3.63, 3.8) is 0 Å². The molecular weight excluding hydrogens is 616 g/mol. The maximum Gasteiger partial charge on any atom is 0.355 e. The number of rotatable bonds is 10. The van der Waals surface area contributed by atoms with E-state index in [1.165, 1.54) is 21.6 Å². The van der Waals surface area contributed by atoms with E-state index in [0.717, 1.165) is 4.90 Å². The zero-order chi connectivity index (χ0) is 33.2. The molecule has 0 radical (unpaired) electrons. The van der Waals surface area contributed by atoms with E-state index in [2.05, 4.69) is 16.0 Å². The smallest absolute Gasteiger partial charge is 0.355 e. The first-order valence-corrected chi connectivity index (χ1v) is 15.5. The van der Waals surface area contributed by atoms with Gasteiger partial charge in [-0.3, -0.25) is 33.8 Å². The number of imide groups is 1. The van der Waals surface area contributed by atoms with Crippen molar-refractivity contribution in [3.8, 4) is 0 Å². The van der Waals surface area contributed by atoms with E-state index < -0.39 is 63.5 Å². The van der Waals surface area contributed by atoms with Gasteiger partial charge in [-0.2, -0.15) is 0 Å². The lowest BCUT2D eigenvalue weighted by atomic mass is 9.87. The Morgan fingerprint density at radius 2 is 1.65 bits per heavy atom. The van der Waals surface area contributed by atoms with Crippen LogP contribution in [0.15, 0.2) is 60.7 Å². The van der Waals surface area contributed by atoms with Crippen molar-refractivity contribution in [2.24, 2.45) is 0 Å². The van der Waals surface area contributed by atoms with Gasteiger partial charge in [-0.25, -0.2) is 9.59 Å². The van der Waals surface area contributed by atoms with Crippen LogP contribution in [0.25, 0.3) is 0 Å². The molecule has 15 heteroatoms. The number of ether oxygens (including phenoxy) is 1. The van der Waals surface area contributed by atoms with E-state index >= 15 is 0 Å². The molecule has 3 fully saturated rings. The summed E-state index contributed by atoms with van der Waals surface area (Å²) < 4.78 is 4.53. The Bertz CT molecular complexity index is 1560. The molecule has 3 heterocycles. The number of carbonyl (C=O) groups excluding carboxylic acids is 7. The molecule has 46 heavy (non-hydrogen) atoms. The maximum atomic E-state index is 14.3. The van der Waals surface area contributed by atoms with Gasteiger partial charge in [0.05, 0.1) is 4.75 Å². The summed E-state index contributed by atoms with van der Waals surface area (Å²) in [6.45, 7) is 5.24. The van der Waals surface area contributed by atoms with Gasteiger partial charge in [0, 0.05) is 19.6 Å². The molecule has 0 aliphatic carbocycles. The number of benzene rings is 2. The number of amides is 7. The highest BCUT2D eigenvalue weighted by Gasteiger charge is 2.74. The molecule has 242 valence electrons. The van der Waals surface area contributed by atoms with E-state index in [9.17, 15) is 33.6 Å². The van der Waals surface area contributed by atoms with E-state index in [4.69, 9.17) is 4.74 Å². The van der Waals surface area contributed by atoms with Crippen molar-refractivity contribution in [2.45, 2.75) is 55.2 Å². The molecule has 0 saturated carbocycles. The second kappa shape index (κ2) is 12.8. The normalized spacial score (nSPS) is 24.0. The molecule has 0 spiro atoms. The van der Waals surface area contributed by atoms with Crippen LogP contribution in [-0.4, -0.2) is 98.2 Å². The molecule has 3 N–H and O–H groups in total. The van der Waals surface area contributed by atoms with E-state index in [0.29, 0.717) is 24.1 Å². The van der Waals surface area contributed by atoms with E-state index in [1.54, 1.807) is 81.4 Å². The minimum absolute atomic E-state index is 0.0815. The lowest BCUT2D eigenvalue weighted by molar-refractivity contribution is -0.181. The van der Waals surface area contributed by atoms with Crippen molar-refractivity contribution in [1.82, 2.24) is 30.7 Å². The van der Waals surface area contributed by atoms with Crippen LogP contribution in [0, 0.1) is 0 Å². The summed E-state index contributed by atoms with van der Waals surface area (Å²) >= 11 is 1.20. The summed E-state index contributed by atoms with van der Waals surface area (Å²) in [4.78, 5) is 95.0. The number of thioether (sulfide) groups is 1. The van der Waals surface area contributed by atoms with Gasteiger partial charge in [0.1, 0.15) is 24.1 Å². The topological polar surface area (TPSA) is 175 Å². The molecule has 4 atom stereocenters. The van der Waals surface area contributed by atoms with Gasteiger partial charge in [-0.1, -0.05) is 60.7 Å². The van der Waals surface area contributed by atoms with Crippen LogP contribution < -0.4 is 16.0 Å². The molecule has 0 aromatic heterocycles. The number of β-lactam (4-membered cyclic amide) rings is 1. The molecule has 1 unspecified atom stereocenters. The lowest BCUT2D eigenvalue weighted by Crippen LogP contribution is -2.80. The molecule has 5 rings (SSSR count). The number of hydrogen-bond donors (Lipinski definition) is 3. The summed E-state index contributed by atoms with van der Waals surface area (Å²) in [5.41, 5.74) is -1.09. The fourth-order valence-corrected chi connectivity index (χ4v) is 7.55. The van der Waals surface area contributed by atoms with Gasteiger partial charge in [-0.15, -0.1) is 11.8 Å². The molecular formula is C31H34N6O8S. The van der Waals surface area contributed by atoms with Gasteiger partial charge in [0.25, 0.3) is 5.91 Å². The molecule has 14 nitrogen and oxygen atoms in total. The fourth-order valence-electron chi connectivity index (χ4n) is 5.85. The average molecular weight is 651 g/mol. The summed E-state index contributed by atoms with van der Waals surface area (Å²) in [5.74, 6) is -4.27. The third kappa shape index (κ3) is 5.55. The van der Waals surface area contributed by atoms with Crippen LogP contribution in [0.2, 0.25) is 0 Å². The number of fused-ring (bicyclic) bond motifs is 1. The highest BCUT2D eigenvalue weighted by molar-refractivity contribution is 8.01. The molecule has 3 aliphatic rings. The van der Waals surface area contributed by atoms with Crippen LogP contribution in [0.5, 0.6) is 0 Å². The van der Waals surface area contributed by atoms with Crippen molar-refractivity contribution in [3.05, 3.63) is 71.8 Å². The highest BCUT2D eigenvalue weighted by Crippen LogP contribution is 2.56. The Morgan fingerprint density at radius 1 is 1.00 bits per heavy atom. The van der Waals surface area contributed by atoms with Crippen molar-refractivity contribution in [1.29, 1.82) is 0 Å². The van der Waals surface area contributed by atoms with Crippen LogP contribution >= 0.6 is 11.8 Å². The number of piperazine rings is 1. The third-order valence-corrected chi connectivity index (χ3v) is 9.96. The Morgan fingerprint density at radius 3 is 2.28 bits per heavy atom. The van der Waals surface area contributed by atoms with Crippen LogP contribution in [0.4, 0.5) is 4.79 Å². The highest BCUT2D eigenvalue weighted by atomic mass is 32.2. The second-order valence-electron chi connectivity index (χ2n) is 11.4. The standard InChI is InChI=1S/C31H34N6O8S/c1-4-35-15-16-36(26(42)25(35)41)29(44)33-21(20-13-9-6-10-14-20)23(39)34-31(28(43)45-17-19-11-7-5-8-12-19)30(2,3)46-27-22(32-18-38)24(40)37(27)31/h5-14,18,21-22,27H,4,15-17H2,1-3H3,(H,32,38)(H,33,44)(H,34,39)/t21?,22-,27-,31+/m1/s1. The Labute approximate surface area is 269 Å². The molecule has 3 saturated heterocycles. The summed E-state index contributed by atoms with van der Waals surface area (Å²) in [5, 5.41) is 7.06. The third-order valence-electron chi connectivity index (χ3n) is 8.35. The lowest BCUT2D eigenvalue weighted by Gasteiger charge is -2.50. The number of hydrogen-bond acceptors (Lipinski definition) is 9. The Hall–Kier alpha value is -4.92. The molecule has 7 amide bonds. The summed E-state index contributed by atoms with van der Waals surface area (Å²) in [6, 6.07) is 13.6. The first kappa shape index (κ1) is 32.5. The number of nitrogens with one attached hydrogen (secondary N) is 3. The van der Waals surface area contributed by atoms with Crippen molar-refractivity contribution >= 4 is 53.8 Å². The monoisotopic (exact) mass is 650 g/mol. The van der Waals surface area contributed by atoms with Crippen LogP contribution in [0.1, 0.15) is 37.9 Å².